The number of aryl methyl sites for hydroxylation is 1. The van der Waals surface area contributed by atoms with Crippen LogP contribution < -0.4 is 5.73 Å². The fraction of sp³-hybridized carbons (Fsp3) is 0.364. The van der Waals surface area contributed by atoms with Crippen LogP contribution >= 0.6 is 11.3 Å². The number of aromatic nitrogens is 2. The molecule has 0 spiro atoms. The van der Waals surface area contributed by atoms with Crippen molar-refractivity contribution < 1.29 is 0 Å². The molecule has 0 saturated heterocycles. The van der Waals surface area contributed by atoms with Gasteiger partial charge in [-0.3, -0.25) is 0 Å². The van der Waals surface area contributed by atoms with Crippen LogP contribution in [0.25, 0.3) is 10.6 Å². The summed E-state index contributed by atoms with van der Waals surface area (Å²) < 4.78 is 1.89. The molecule has 2 heterocycles. The highest BCUT2D eigenvalue weighted by Gasteiger charge is 2.06. The zero-order valence-electron chi connectivity index (χ0n) is 8.81. The molecule has 0 aliphatic rings. The van der Waals surface area contributed by atoms with Crippen LogP contribution in [0.15, 0.2) is 23.6 Å². The van der Waals surface area contributed by atoms with Gasteiger partial charge < -0.3 is 5.73 Å². The summed E-state index contributed by atoms with van der Waals surface area (Å²) in [4.78, 5) is 1.18. The number of thiophene rings is 1. The van der Waals surface area contributed by atoms with E-state index in [1.165, 1.54) is 4.88 Å². The highest BCUT2D eigenvalue weighted by atomic mass is 32.1. The molecule has 0 fully saturated rings. The number of nitrogens with zero attached hydrogens (tertiary/aromatic N) is 2. The molecule has 0 aromatic carbocycles. The smallest absolute Gasteiger partial charge is 0.122 e. The van der Waals surface area contributed by atoms with E-state index in [2.05, 4.69) is 23.5 Å². The van der Waals surface area contributed by atoms with Gasteiger partial charge in [0.1, 0.15) is 11.5 Å². The Labute approximate surface area is 93.5 Å². The summed E-state index contributed by atoms with van der Waals surface area (Å²) in [5.74, 6) is 0.756. The van der Waals surface area contributed by atoms with E-state index in [1.807, 2.05) is 16.8 Å². The number of unbranched alkanes of at least 4 members (excludes halogenated alkanes) is 1. The van der Waals surface area contributed by atoms with Gasteiger partial charge in [0, 0.05) is 12.6 Å². The van der Waals surface area contributed by atoms with Crippen molar-refractivity contribution in [2.75, 3.05) is 5.73 Å². The molecule has 0 radical (unpaired) electrons. The minimum atomic E-state index is 0.756. The molecular formula is C11H15N3S. The molecular weight excluding hydrogens is 206 g/mol. The fourth-order valence-electron chi connectivity index (χ4n) is 1.46. The Bertz CT molecular complexity index is 417. The molecule has 3 nitrogen and oxygen atoms in total. The number of hydrogen-bond donors (Lipinski definition) is 1. The molecule has 4 heteroatoms. The maximum Gasteiger partial charge on any atom is 0.122 e. The molecule has 0 amide bonds. The average Bonchev–Trinajstić information content (AvgIpc) is 2.83. The second-order valence-corrected chi connectivity index (χ2v) is 4.46. The summed E-state index contributed by atoms with van der Waals surface area (Å²) in [5, 5.41) is 6.54. The van der Waals surface area contributed by atoms with Crippen molar-refractivity contribution in [3.05, 3.63) is 23.6 Å². The first-order valence-corrected chi connectivity index (χ1v) is 6.06. The van der Waals surface area contributed by atoms with Crippen LogP contribution in [0, 0.1) is 0 Å². The summed E-state index contributed by atoms with van der Waals surface area (Å²) in [5.41, 5.74) is 6.88. The summed E-state index contributed by atoms with van der Waals surface area (Å²) in [6.07, 6.45) is 2.28. The molecule has 0 saturated carbocycles. The quantitative estimate of drug-likeness (QED) is 0.862. The van der Waals surface area contributed by atoms with Crippen molar-refractivity contribution >= 4 is 17.2 Å². The summed E-state index contributed by atoms with van der Waals surface area (Å²) in [7, 11) is 0. The fourth-order valence-corrected chi connectivity index (χ4v) is 2.14. The zero-order chi connectivity index (χ0) is 10.7. The van der Waals surface area contributed by atoms with Gasteiger partial charge >= 0.3 is 0 Å². The van der Waals surface area contributed by atoms with Gasteiger partial charge in [-0.05, 0) is 17.9 Å². The Balaban J connectivity index is 2.21. The third-order valence-corrected chi connectivity index (χ3v) is 3.20. The van der Waals surface area contributed by atoms with E-state index in [0.29, 0.717) is 0 Å². The first-order chi connectivity index (χ1) is 7.31. The molecule has 15 heavy (non-hydrogen) atoms. The lowest BCUT2D eigenvalue weighted by atomic mass is 10.3. The lowest BCUT2D eigenvalue weighted by Gasteiger charge is -2.00. The normalized spacial score (nSPS) is 10.7. The molecule has 0 aliphatic heterocycles. The predicted octanol–water partition coefficient (Wildman–Crippen LogP) is 2.99. The van der Waals surface area contributed by atoms with Crippen LogP contribution in [0.2, 0.25) is 0 Å². The summed E-state index contributed by atoms with van der Waals surface area (Å²) >= 11 is 1.69. The number of nitrogen functional groups attached to an aromatic ring is 1. The highest BCUT2D eigenvalue weighted by Crippen LogP contribution is 2.24. The summed E-state index contributed by atoms with van der Waals surface area (Å²) in [6, 6.07) is 6.04. The van der Waals surface area contributed by atoms with Crippen molar-refractivity contribution in [1.82, 2.24) is 9.78 Å². The molecule has 2 rings (SSSR count). The number of rotatable bonds is 4. The minimum Gasteiger partial charge on any atom is -0.384 e. The number of hydrogen-bond acceptors (Lipinski definition) is 3. The molecule has 0 unspecified atom stereocenters. The predicted molar refractivity (Wildman–Crippen MR) is 64.9 cm³/mol. The SMILES string of the molecule is CCCCn1nc(-c2cccs2)cc1N. The van der Waals surface area contributed by atoms with Crippen LogP contribution in [0.4, 0.5) is 5.82 Å². The molecule has 80 valence electrons. The van der Waals surface area contributed by atoms with Crippen molar-refractivity contribution in [2.45, 2.75) is 26.3 Å². The standard InChI is InChI=1S/C11H15N3S/c1-2-3-6-14-11(12)8-9(13-14)10-5-4-7-15-10/h4-5,7-8H,2-3,6,12H2,1H3. The lowest BCUT2D eigenvalue weighted by molar-refractivity contribution is 0.580. The maximum absolute atomic E-state index is 5.89. The largest absolute Gasteiger partial charge is 0.384 e. The second-order valence-electron chi connectivity index (χ2n) is 3.51. The van der Waals surface area contributed by atoms with Gasteiger partial charge in [0.2, 0.25) is 0 Å². The molecule has 2 aromatic rings. The van der Waals surface area contributed by atoms with E-state index in [-0.39, 0.29) is 0 Å². The molecule has 0 atom stereocenters. The van der Waals surface area contributed by atoms with Gasteiger partial charge in [-0.1, -0.05) is 19.4 Å². The first-order valence-electron chi connectivity index (χ1n) is 5.18. The van der Waals surface area contributed by atoms with Crippen LogP contribution in [-0.2, 0) is 6.54 Å². The Hall–Kier alpha value is -1.29. The van der Waals surface area contributed by atoms with E-state index >= 15 is 0 Å². The molecule has 0 bridgehead atoms. The Morgan fingerprint density at radius 1 is 1.53 bits per heavy atom. The summed E-state index contributed by atoms with van der Waals surface area (Å²) in [6.45, 7) is 3.08. The monoisotopic (exact) mass is 221 g/mol. The Kier molecular flexibility index (Phi) is 3.06. The van der Waals surface area contributed by atoms with Crippen molar-refractivity contribution in [3.8, 4) is 10.6 Å². The Morgan fingerprint density at radius 3 is 3.07 bits per heavy atom. The molecule has 0 aliphatic carbocycles. The second kappa shape index (κ2) is 4.49. The van der Waals surface area contributed by atoms with Crippen molar-refractivity contribution in [1.29, 1.82) is 0 Å². The van der Waals surface area contributed by atoms with Crippen LogP contribution in [0.3, 0.4) is 0 Å². The Morgan fingerprint density at radius 2 is 2.40 bits per heavy atom. The zero-order valence-corrected chi connectivity index (χ0v) is 9.63. The number of anilines is 1. The average molecular weight is 221 g/mol. The maximum atomic E-state index is 5.89. The minimum absolute atomic E-state index is 0.756. The van der Waals surface area contributed by atoms with Gasteiger partial charge in [-0.15, -0.1) is 11.3 Å². The van der Waals surface area contributed by atoms with E-state index in [1.54, 1.807) is 11.3 Å². The van der Waals surface area contributed by atoms with Gasteiger partial charge in [0.15, 0.2) is 0 Å². The van der Waals surface area contributed by atoms with Gasteiger partial charge in [0.25, 0.3) is 0 Å². The van der Waals surface area contributed by atoms with Crippen LogP contribution in [0.5, 0.6) is 0 Å². The lowest BCUT2D eigenvalue weighted by Crippen LogP contribution is -2.04. The molecule has 2 aromatic heterocycles. The first kappa shape index (κ1) is 10.2. The number of nitrogens with two attached hydrogens (primary N) is 1. The molecule has 2 N–H and O–H groups in total. The van der Waals surface area contributed by atoms with E-state index in [9.17, 15) is 0 Å². The van der Waals surface area contributed by atoms with Crippen molar-refractivity contribution in [3.63, 3.8) is 0 Å². The van der Waals surface area contributed by atoms with Gasteiger partial charge in [-0.2, -0.15) is 5.10 Å². The highest BCUT2D eigenvalue weighted by molar-refractivity contribution is 7.13. The van der Waals surface area contributed by atoms with Gasteiger partial charge in [0.05, 0.1) is 4.88 Å². The van der Waals surface area contributed by atoms with Crippen LogP contribution in [0.1, 0.15) is 19.8 Å². The van der Waals surface area contributed by atoms with Crippen LogP contribution in [-0.4, -0.2) is 9.78 Å². The van der Waals surface area contributed by atoms with E-state index in [0.717, 1.165) is 30.9 Å². The topological polar surface area (TPSA) is 43.8 Å². The van der Waals surface area contributed by atoms with E-state index < -0.39 is 0 Å². The third-order valence-electron chi connectivity index (χ3n) is 2.31. The van der Waals surface area contributed by atoms with E-state index in [4.69, 9.17) is 5.73 Å². The van der Waals surface area contributed by atoms with Gasteiger partial charge in [-0.25, -0.2) is 4.68 Å². The van der Waals surface area contributed by atoms with Crippen molar-refractivity contribution in [2.24, 2.45) is 0 Å². The third kappa shape index (κ3) is 2.21.